The average molecular weight is 474 g/mol. The van der Waals surface area contributed by atoms with Crippen LogP contribution in [-0.2, 0) is 16.1 Å². The van der Waals surface area contributed by atoms with Gasteiger partial charge in [0, 0.05) is 17.8 Å². The third-order valence-corrected chi connectivity index (χ3v) is 7.57. The molecule has 1 unspecified atom stereocenters. The maximum absolute atomic E-state index is 13.6. The van der Waals surface area contributed by atoms with E-state index in [0.717, 1.165) is 49.4 Å². The van der Waals surface area contributed by atoms with Crippen LogP contribution < -0.4 is 15.4 Å². The van der Waals surface area contributed by atoms with Crippen LogP contribution in [0.4, 0.5) is 4.39 Å². The smallest absolute Gasteiger partial charge is 0.258 e. The molecule has 0 aliphatic heterocycles. The molecular weight excluding hydrogens is 445 g/mol. The first-order valence-corrected chi connectivity index (χ1v) is 11.7. The number of halogens is 2. The molecule has 3 fully saturated rings. The molecule has 3 saturated carbocycles. The summed E-state index contributed by atoms with van der Waals surface area (Å²) in [5.41, 5.74) is 1.22. The molecule has 1 aromatic carbocycles. The number of pyridine rings is 1. The highest BCUT2D eigenvalue weighted by atomic mass is 35.5. The SMILES string of the molecule is Cc1ccnc(CNC(=O)C23CCC(NC(=O)COc4ccc(Cl)c(F)c4)(CC2)CC3C)c1. The van der Waals surface area contributed by atoms with Gasteiger partial charge in [0.25, 0.3) is 5.91 Å². The summed E-state index contributed by atoms with van der Waals surface area (Å²) in [6, 6.07) is 7.99. The van der Waals surface area contributed by atoms with E-state index in [4.69, 9.17) is 16.3 Å². The van der Waals surface area contributed by atoms with Crippen molar-refractivity contribution < 1.29 is 18.7 Å². The minimum absolute atomic E-state index is 0.00625. The number of hydrogen-bond acceptors (Lipinski definition) is 4. The highest BCUT2D eigenvalue weighted by Gasteiger charge is 2.56. The maximum Gasteiger partial charge on any atom is 0.258 e. The molecule has 2 N–H and O–H groups in total. The van der Waals surface area contributed by atoms with Crippen LogP contribution in [0.1, 0.15) is 50.3 Å². The van der Waals surface area contributed by atoms with Crippen molar-refractivity contribution in [1.82, 2.24) is 15.6 Å². The number of fused-ring (bicyclic) bond motifs is 3. The quantitative estimate of drug-likeness (QED) is 0.627. The fraction of sp³-hybridized carbons (Fsp3) is 0.480. The van der Waals surface area contributed by atoms with Gasteiger partial charge in [0.1, 0.15) is 11.6 Å². The Bertz CT molecular complexity index is 1050. The molecular formula is C25H29ClFN3O3. The molecule has 176 valence electrons. The standard InChI is InChI=1S/C25H29ClFN3O3/c1-16-5-10-28-18(11-16)14-29-23(32)25-8-6-24(7-9-25,13-17(25)2)30-22(31)15-33-19-3-4-20(26)21(27)12-19/h3-5,10-12,17H,6-9,13-15H2,1-2H3,(H,29,32)(H,30,31). The molecule has 0 spiro atoms. The van der Waals surface area contributed by atoms with Gasteiger partial charge in [0.2, 0.25) is 5.91 Å². The Morgan fingerprint density at radius 3 is 2.64 bits per heavy atom. The van der Waals surface area contributed by atoms with Gasteiger partial charge >= 0.3 is 0 Å². The summed E-state index contributed by atoms with van der Waals surface area (Å²) in [5.74, 6) is -0.372. The van der Waals surface area contributed by atoms with Crippen molar-refractivity contribution in [2.45, 2.75) is 58.0 Å². The number of rotatable bonds is 7. The monoisotopic (exact) mass is 473 g/mol. The molecule has 2 aromatic rings. The zero-order valence-corrected chi connectivity index (χ0v) is 19.7. The number of carbonyl (C=O) groups is 2. The highest BCUT2D eigenvalue weighted by molar-refractivity contribution is 6.30. The van der Waals surface area contributed by atoms with Gasteiger partial charge in [-0.2, -0.15) is 0 Å². The van der Waals surface area contributed by atoms with Crippen molar-refractivity contribution >= 4 is 23.4 Å². The van der Waals surface area contributed by atoms with Crippen molar-refractivity contribution in [1.29, 1.82) is 0 Å². The Labute approximate surface area is 198 Å². The minimum Gasteiger partial charge on any atom is -0.484 e. The number of hydrogen-bond donors (Lipinski definition) is 2. The molecule has 8 heteroatoms. The van der Waals surface area contributed by atoms with E-state index in [1.54, 1.807) is 6.20 Å². The van der Waals surface area contributed by atoms with Crippen LogP contribution >= 0.6 is 11.6 Å². The summed E-state index contributed by atoms with van der Waals surface area (Å²) in [5, 5.41) is 6.24. The molecule has 1 heterocycles. The lowest BCUT2D eigenvalue weighted by Gasteiger charge is -2.56. The van der Waals surface area contributed by atoms with Crippen LogP contribution in [0.2, 0.25) is 5.02 Å². The molecule has 1 aromatic heterocycles. The summed E-state index contributed by atoms with van der Waals surface area (Å²) in [7, 11) is 0. The van der Waals surface area contributed by atoms with E-state index in [0.29, 0.717) is 6.54 Å². The molecule has 0 radical (unpaired) electrons. The Hall–Kier alpha value is -2.67. The first kappa shape index (κ1) is 23.5. The Kier molecular flexibility index (Phi) is 6.61. The zero-order valence-electron chi connectivity index (χ0n) is 18.9. The van der Waals surface area contributed by atoms with Crippen LogP contribution in [0.3, 0.4) is 0 Å². The van der Waals surface area contributed by atoms with E-state index >= 15 is 0 Å². The van der Waals surface area contributed by atoms with Crippen molar-refractivity contribution in [2.75, 3.05) is 6.61 Å². The third kappa shape index (κ3) is 4.98. The number of aromatic nitrogens is 1. The summed E-state index contributed by atoms with van der Waals surface area (Å²) in [4.78, 5) is 30.1. The average Bonchev–Trinajstić information content (AvgIpc) is 2.79. The molecule has 6 nitrogen and oxygen atoms in total. The van der Waals surface area contributed by atoms with E-state index in [-0.39, 0.29) is 40.7 Å². The van der Waals surface area contributed by atoms with Gasteiger partial charge in [-0.25, -0.2) is 4.39 Å². The lowest BCUT2D eigenvalue weighted by molar-refractivity contribution is -0.146. The second-order valence-electron chi connectivity index (χ2n) is 9.46. The number of ether oxygens (including phenoxy) is 1. The molecule has 33 heavy (non-hydrogen) atoms. The molecule has 2 amide bonds. The number of amides is 2. The molecule has 3 aliphatic rings. The molecule has 2 bridgehead atoms. The first-order valence-electron chi connectivity index (χ1n) is 11.3. The largest absolute Gasteiger partial charge is 0.484 e. The van der Waals surface area contributed by atoms with Crippen LogP contribution in [0.5, 0.6) is 5.75 Å². The van der Waals surface area contributed by atoms with Crippen molar-refractivity contribution in [3.63, 3.8) is 0 Å². The van der Waals surface area contributed by atoms with Gasteiger partial charge in [-0.05, 0) is 74.8 Å². The second-order valence-corrected chi connectivity index (χ2v) is 9.87. The van der Waals surface area contributed by atoms with E-state index < -0.39 is 11.2 Å². The fourth-order valence-corrected chi connectivity index (χ4v) is 5.49. The zero-order chi connectivity index (χ0) is 23.6. The summed E-state index contributed by atoms with van der Waals surface area (Å²) < 4.78 is 19.0. The summed E-state index contributed by atoms with van der Waals surface area (Å²) in [6.45, 7) is 4.31. The van der Waals surface area contributed by atoms with Crippen molar-refractivity contribution in [3.05, 3.63) is 58.6 Å². The first-order chi connectivity index (χ1) is 15.7. The predicted molar refractivity (Wildman–Crippen MR) is 123 cm³/mol. The Morgan fingerprint density at radius 2 is 1.97 bits per heavy atom. The van der Waals surface area contributed by atoms with E-state index in [1.807, 2.05) is 19.1 Å². The van der Waals surface area contributed by atoms with E-state index in [1.165, 1.54) is 12.1 Å². The third-order valence-electron chi connectivity index (χ3n) is 7.26. The summed E-state index contributed by atoms with van der Waals surface area (Å²) >= 11 is 5.68. The van der Waals surface area contributed by atoms with Crippen molar-refractivity contribution in [2.24, 2.45) is 11.3 Å². The predicted octanol–water partition coefficient (Wildman–Crippen LogP) is 4.33. The van der Waals surface area contributed by atoms with Crippen LogP contribution in [0, 0.1) is 24.1 Å². The number of aryl methyl sites for hydroxylation is 1. The summed E-state index contributed by atoms with van der Waals surface area (Å²) in [6.07, 6.45) is 5.44. The minimum atomic E-state index is -0.589. The second kappa shape index (κ2) is 9.29. The van der Waals surface area contributed by atoms with Gasteiger partial charge in [-0.1, -0.05) is 18.5 Å². The lowest BCUT2D eigenvalue weighted by Crippen LogP contribution is -2.63. The van der Waals surface area contributed by atoms with Crippen LogP contribution in [-0.4, -0.2) is 28.9 Å². The number of benzene rings is 1. The Balaban J connectivity index is 1.32. The molecule has 3 aliphatic carbocycles. The normalized spacial score (nSPS) is 26.0. The maximum atomic E-state index is 13.6. The molecule has 1 atom stereocenters. The number of carbonyl (C=O) groups excluding carboxylic acids is 2. The van der Waals surface area contributed by atoms with E-state index in [2.05, 4.69) is 22.5 Å². The van der Waals surface area contributed by atoms with Gasteiger partial charge < -0.3 is 15.4 Å². The Morgan fingerprint density at radius 1 is 1.21 bits per heavy atom. The van der Waals surface area contributed by atoms with Crippen molar-refractivity contribution in [3.8, 4) is 5.75 Å². The van der Waals surface area contributed by atoms with Gasteiger partial charge in [-0.3, -0.25) is 14.6 Å². The molecule has 0 saturated heterocycles. The van der Waals surface area contributed by atoms with Gasteiger partial charge in [-0.15, -0.1) is 0 Å². The lowest BCUT2D eigenvalue weighted by atomic mass is 9.52. The topological polar surface area (TPSA) is 80.3 Å². The van der Waals surface area contributed by atoms with Gasteiger partial charge in [0.05, 0.1) is 22.7 Å². The van der Waals surface area contributed by atoms with Gasteiger partial charge in [0.15, 0.2) is 6.61 Å². The fourth-order valence-electron chi connectivity index (χ4n) is 5.37. The van der Waals surface area contributed by atoms with E-state index in [9.17, 15) is 14.0 Å². The van der Waals surface area contributed by atoms with Crippen LogP contribution in [0.25, 0.3) is 0 Å². The number of nitrogens with one attached hydrogen (secondary N) is 2. The molecule has 5 rings (SSSR count). The van der Waals surface area contributed by atoms with Crippen LogP contribution in [0.15, 0.2) is 36.5 Å². The number of nitrogens with zero attached hydrogens (tertiary/aromatic N) is 1. The highest BCUT2D eigenvalue weighted by Crippen LogP contribution is 2.55.